The summed E-state index contributed by atoms with van der Waals surface area (Å²) in [5, 5.41) is 2.82. The minimum Gasteiger partial charge on any atom is -0.493 e. The van der Waals surface area contributed by atoms with Gasteiger partial charge in [-0.1, -0.05) is 32.0 Å². The molecule has 26 heavy (non-hydrogen) atoms. The summed E-state index contributed by atoms with van der Waals surface area (Å²) < 4.78 is 28.8. The van der Waals surface area contributed by atoms with Crippen molar-refractivity contribution in [3.05, 3.63) is 59.7 Å². The van der Waals surface area contributed by atoms with Gasteiger partial charge in [0.25, 0.3) is 5.91 Å². The smallest absolute Gasteiger partial charge is 0.251 e. The Hall–Kier alpha value is -2.34. The molecule has 0 radical (unpaired) electrons. The normalized spacial score (nSPS) is 11.4. The molecule has 0 saturated heterocycles. The van der Waals surface area contributed by atoms with Gasteiger partial charge in [0.05, 0.1) is 11.5 Å². The van der Waals surface area contributed by atoms with E-state index in [4.69, 9.17) is 4.74 Å². The van der Waals surface area contributed by atoms with Gasteiger partial charge in [-0.2, -0.15) is 0 Å². The molecule has 2 rings (SSSR count). The fraction of sp³-hybridized carbons (Fsp3) is 0.350. The Morgan fingerprint density at radius 2 is 1.81 bits per heavy atom. The zero-order chi connectivity index (χ0) is 19.2. The molecule has 0 spiro atoms. The molecule has 0 aliphatic carbocycles. The maximum atomic E-state index is 12.2. The van der Waals surface area contributed by atoms with Gasteiger partial charge in [-0.3, -0.25) is 4.79 Å². The highest BCUT2D eigenvalue weighted by atomic mass is 32.2. The van der Waals surface area contributed by atoms with Crippen molar-refractivity contribution in [1.29, 1.82) is 0 Å². The van der Waals surface area contributed by atoms with E-state index in [9.17, 15) is 13.2 Å². The number of ether oxygens (including phenoxy) is 1. The molecule has 0 bridgehead atoms. The van der Waals surface area contributed by atoms with Crippen LogP contribution in [0.5, 0.6) is 5.75 Å². The van der Waals surface area contributed by atoms with Crippen molar-refractivity contribution in [3.63, 3.8) is 0 Å². The van der Waals surface area contributed by atoms with Crippen molar-refractivity contribution in [2.75, 3.05) is 19.4 Å². The van der Waals surface area contributed by atoms with Gasteiger partial charge in [-0.05, 0) is 48.2 Å². The number of benzene rings is 2. The molecule has 0 atom stereocenters. The summed E-state index contributed by atoms with van der Waals surface area (Å²) >= 11 is 0. The minimum atomic E-state index is -3.33. The van der Waals surface area contributed by atoms with Gasteiger partial charge in [0.1, 0.15) is 5.75 Å². The quantitative estimate of drug-likeness (QED) is 0.769. The van der Waals surface area contributed by atoms with E-state index in [1.54, 1.807) is 12.1 Å². The molecule has 0 fully saturated rings. The van der Waals surface area contributed by atoms with Crippen LogP contribution in [0.25, 0.3) is 0 Å². The van der Waals surface area contributed by atoms with Crippen molar-refractivity contribution >= 4 is 15.7 Å². The van der Waals surface area contributed by atoms with E-state index in [0.29, 0.717) is 31.1 Å². The second kappa shape index (κ2) is 8.85. The third kappa shape index (κ3) is 6.19. The average Bonchev–Trinajstić information content (AvgIpc) is 2.60. The van der Waals surface area contributed by atoms with Crippen molar-refractivity contribution in [2.45, 2.75) is 25.2 Å². The standard InChI is InChI=1S/C20H25NO4S/c1-15(2)14-25-18-9-7-16(8-10-18)11-12-21-20(22)17-5-4-6-19(13-17)26(3,23)24/h4-10,13,15H,11-12,14H2,1-3H3,(H,21,22). The van der Waals surface area contributed by atoms with Crippen LogP contribution in [0.1, 0.15) is 29.8 Å². The maximum absolute atomic E-state index is 12.2. The van der Waals surface area contributed by atoms with Crippen molar-refractivity contribution in [2.24, 2.45) is 5.92 Å². The molecule has 0 aliphatic heterocycles. The Morgan fingerprint density at radius 3 is 2.42 bits per heavy atom. The molecule has 2 aromatic rings. The second-order valence-corrected chi connectivity index (χ2v) is 8.67. The topological polar surface area (TPSA) is 72.5 Å². The predicted molar refractivity (Wildman–Crippen MR) is 102 cm³/mol. The molecule has 140 valence electrons. The number of hydrogen-bond acceptors (Lipinski definition) is 4. The zero-order valence-corrected chi connectivity index (χ0v) is 16.2. The Morgan fingerprint density at radius 1 is 1.12 bits per heavy atom. The van der Waals surface area contributed by atoms with Gasteiger partial charge in [0, 0.05) is 18.4 Å². The Balaban J connectivity index is 1.87. The molecule has 0 heterocycles. The molecular weight excluding hydrogens is 350 g/mol. The number of sulfone groups is 1. The lowest BCUT2D eigenvalue weighted by molar-refractivity contribution is 0.0954. The first kappa shape index (κ1) is 20.0. The number of nitrogens with one attached hydrogen (secondary N) is 1. The van der Waals surface area contributed by atoms with E-state index < -0.39 is 9.84 Å². The van der Waals surface area contributed by atoms with Crippen LogP contribution >= 0.6 is 0 Å². The van der Waals surface area contributed by atoms with Crippen molar-refractivity contribution in [3.8, 4) is 5.75 Å². The first-order valence-corrected chi connectivity index (χ1v) is 10.4. The second-order valence-electron chi connectivity index (χ2n) is 6.65. The molecule has 0 unspecified atom stereocenters. The minimum absolute atomic E-state index is 0.141. The van der Waals surface area contributed by atoms with E-state index in [0.717, 1.165) is 17.6 Å². The fourth-order valence-electron chi connectivity index (χ4n) is 2.31. The van der Waals surface area contributed by atoms with E-state index in [1.807, 2.05) is 24.3 Å². The van der Waals surface area contributed by atoms with Crippen LogP contribution < -0.4 is 10.1 Å². The van der Waals surface area contributed by atoms with Gasteiger partial charge in [0.2, 0.25) is 0 Å². The molecule has 1 N–H and O–H groups in total. The summed E-state index contributed by atoms with van der Waals surface area (Å²) in [6, 6.07) is 13.9. The highest BCUT2D eigenvalue weighted by Crippen LogP contribution is 2.14. The summed E-state index contributed by atoms with van der Waals surface area (Å²) in [7, 11) is -3.33. The molecule has 5 nitrogen and oxygen atoms in total. The van der Waals surface area contributed by atoms with Crippen LogP contribution in [0.2, 0.25) is 0 Å². The average molecular weight is 375 g/mol. The summed E-state index contributed by atoms with van der Waals surface area (Å²) in [5.74, 6) is 1.03. The highest BCUT2D eigenvalue weighted by Gasteiger charge is 2.11. The van der Waals surface area contributed by atoms with E-state index in [-0.39, 0.29) is 10.8 Å². The Bertz CT molecular complexity index is 842. The SMILES string of the molecule is CC(C)COc1ccc(CCNC(=O)c2cccc(S(C)(=O)=O)c2)cc1. The number of carbonyl (C=O) groups excluding carboxylic acids is 1. The highest BCUT2D eigenvalue weighted by molar-refractivity contribution is 7.90. The lowest BCUT2D eigenvalue weighted by atomic mass is 10.1. The van der Waals surface area contributed by atoms with Crippen LogP contribution in [-0.4, -0.2) is 33.7 Å². The van der Waals surface area contributed by atoms with Crippen molar-refractivity contribution < 1.29 is 17.9 Å². The van der Waals surface area contributed by atoms with E-state index in [2.05, 4.69) is 19.2 Å². The Labute approximate surface area is 155 Å². The summed E-state index contributed by atoms with van der Waals surface area (Å²) in [6.45, 7) is 5.35. The molecule has 2 aromatic carbocycles. The number of hydrogen-bond donors (Lipinski definition) is 1. The van der Waals surface area contributed by atoms with Gasteiger partial charge < -0.3 is 10.1 Å². The van der Waals surface area contributed by atoms with Gasteiger partial charge in [-0.15, -0.1) is 0 Å². The zero-order valence-electron chi connectivity index (χ0n) is 15.4. The summed E-state index contributed by atoms with van der Waals surface area (Å²) in [5.41, 5.74) is 1.43. The largest absolute Gasteiger partial charge is 0.493 e. The number of amides is 1. The van der Waals surface area contributed by atoms with Gasteiger partial charge >= 0.3 is 0 Å². The molecular formula is C20H25NO4S. The first-order valence-electron chi connectivity index (χ1n) is 8.56. The molecule has 1 amide bonds. The predicted octanol–water partition coefficient (Wildman–Crippen LogP) is 3.10. The van der Waals surface area contributed by atoms with Crippen molar-refractivity contribution in [1.82, 2.24) is 5.32 Å². The maximum Gasteiger partial charge on any atom is 0.251 e. The third-order valence-electron chi connectivity index (χ3n) is 3.73. The first-order chi connectivity index (χ1) is 12.3. The van der Waals surface area contributed by atoms with Gasteiger partial charge in [-0.25, -0.2) is 8.42 Å². The third-order valence-corrected chi connectivity index (χ3v) is 4.84. The Kier molecular flexibility index (Phi) is 6.80. The van der Waals surface area contributed by atoms with Crippen LogP contribution in [-0.2, 0) is 16.3 Å². The molecule has 0 saturated carbocycles. The van der Waals surface area contributed by atoms with Crippen LogP contribution in [0, 0.1) is 5.92 Å². The lowest BCUT2D eigenvalue weighted by Crippen LogP contribution is -2.25. The summed E-state index contributed by atoms with van der Waals surface area (Å²) in [4.78, 5) is 12.3. The van der Waals surface area contributed by atoms with Crippen LogP contribution in [0.4, 0.5) is 0 Å². The van der Waals surface area contributed by atoms with Crippen LogP contribution in [0.3, 0.4) is 0 Å². The number of rotatable bonds is 8. The van der Waals surface area contributed by atoms with E-state index in [1.165, 1.54) is 12.1 Å². The molecule has 0 aromatic heterocycles. The molecule has 6 heteroatoms. The van der Waals surface area contributed by atoms with E-state index >= 15 is 0 Å². The summed E-state index contributed by atoms with van der Waals surface area (Å²) in [6.07, 6.45) is 1.81. The number of carbonyl (C=O) groups is 1. The monoisotopic (exact) mass is 375 g/mol. The molecule has 0 aliphatic rings. The lowest BCUT2D eigenvalue weighted by Gasteiger charge is -2.10. The van der Waals surface area contributed by atoms with Crippen LogP contribution in [0.15, 0.2) is 53.4 Å². The fourth-order valence-corrected chi connectivity index (χ4v) is 2.97. The van der Waals surface area contributed by atoms with Gasteiger partial charge in [0.15, 0.2) is 9.84 Å².